The third-order valence-corrected chi connectivity index (χ3v) is 3.82. The Morgan fingerprint density at radius 3 is 2.48 bits per heavy atom. The number of aryl methyl sites for hydroxylation is 2. The van der Waals surface area contributed by atoms with Gasteiger partial charge in [-0.1, -0.05) is 47.5 Å². The first-order valence-electron chi connectivity index (χ1n) is 7.27. The Hall–Kier alpha value is -2.52. The maximum Gasteiger partial charge on any atom is 0.259 e. The fourth-order valence-electron chi connectivity index (χ4n) is 2.33. The van der Waals surface area contributed by atoms with Crippen molar-refractivity contribution in [1.82, 2.24) is 0 Å². The predicted molar refractivity (Wildman–Crippen MR) is 93.0 cm³/mol. The van der Waals surface area contributed by atoms with Crippen LogP contribution in [0.25, 0.3) is 11.3 Å². The molecule has 0 bridgehead atoms. The van der Waals surface area contributed by atoms with Crippen molar-refractivity contribution in [2.75, 3.05) is 5.32 Å². The van der Waals surface area contributed by atoms with Gasteiger partial charge in [0.1, 0.15) is 11.5 Å². The molecule has 0 aliphatic rings. The van der Waals surface area contributed by atoms with Crippen LogP contribution in [-0.2, 0) is 0 Å². The number of nitrogens with one attached hydrogen (secondary N) is 1. The van der Waals surface area contributed by atoms with Gasteiger partial charge in [0, 0.05) is 16.3 Å². The second-order valence-electron chi connectivity index (χ2n) is 5.41. The quantitative estimate of drug-likeness (QED) is 0.693. The number of carbonyl (C=O) groups excluding carboxylic acids is 1. The molecular formula is C19H16ClNO2. The third kappa shape index (κ3) is 3.46. The van der Waals surface area contributed by atoms with E-state index in [1.165, 1.54) is 5.56 Å². The highest BCUT2D eigenvalue weighted by molar-refractivity contribution is 6.31. The normalized spacial score (nSPS) is 10.6. The van der Waals surface area contributed by atoms with Crippen LogP contribution in [-0.4, -0.2) is 5.91 Å². The van der Waals surface area contributed by atoms with E-state index in [2.05, 4.69) is 5.32 Å². The maximum atomic E-state index is 12.4. The number of amides is 1. The van der Waals surface area contributed by atoms with Crippen LogP contribution in [0.15, 0.2) is 59.0 Å². The summed E-state index contributed by atoms with van der Waals surface area (Å²) in [7, 11) is 0. The highest BCUT2D eigenvalue weighted by Crippen LogP contribution is 2.26. The van der Waals surface area contributed by atoms with Crippen molar-refractivity contribution in [2.45, 2.75) is 13.8 Å². The molecule has 1 heterocycles. The summed E-state index contributed by atoms with van der Waals surface area (Å²) < 4.78 is 5.74. The molecule has 2 aromatic carbocycles. The van der Waals surface area contributed by atoms with E-state index in [4.69, 9.17) is 16.0 Å². The topological polar surface area (TPSA) is 42.2 Å². The summed E-state index contributed by atoms with van der Waals surface area (Å²) >= 11 is 5.93. The van der Waals surface area contributed by atoms with Crippen LogP contribution in [0.1, 0.15) is 21.7 Å². The molecule has 0 spiro atoms. The summed E-state index contributed by atoms with van der Waals surface area (Å²) in [4.78, 5) is 12.4. The largest absolute Gasteiger partial charge is 0.461 e. The predicted octanol–water partition coefficient (Wildman–Crippen LogP) is 5.47. The summed E-state index contributed by atoms with van der Waals surface area (Å²) in [6.07, 6.45) is 0. The molecule has 1 N–H and O–H groups in total. The second-order valence-corrected chi connectivity index (χ2v) is 5.85. The first-order chi connectivity index (χ1) is 11.0. The van der Waals surface area contributed by atoms with Gasteiger partial charge in [-0.25, -0.2) is 0 Å². The molecule has 0 aliphatic carbocycles. The van der Waals surface area contributed by atoms with Gasteiger partial charge in [0.2, 0.25) is 0 Å². The van der Waals surface area contributed by atoms with E-state index in [-0.39, 0.29) is 5.91 Å². The number of carbonyl (C=O) groups is 1. The summed E-state index contributed by atoms with van der Waals surface area (Å²) in [6.45, 7) is 3.81. The first kappa shape index (κ1) is 15.4. The molecule has 0 radical (unpaired) electrons. The zero-order valence-corrected chi connectivity index (χ0v) is 13.6. The Morgan fingerprint density at radius 2 is 1.78 bits per heavy atom. The summed E-state index contributed by atoms with van der Waals surface area (Å²) in [5.41, 5.74) is 3.29. The van der Waals surface area contributed by atoms with Gasteiger partial charge in [-0.05, 0) is 38.1 Å². The number of halogens is 1. The summed E-state index contributed by atoms with van der Waals surface area (Å²) in [5.74, 6) is 1.05. The van der Waals surface area contributed by atoms with Crippen molar-refractivity contribution in [3.05, 3.63) is 76.5 Å². The van der Waals surface area contributed by atoms with E-state index in [1.54, 1.807) is 37.3 Å². The molecule has 0 unspecified atom stereocenters. The molecule has 3 nitrogen and oxygen atoms in total. The van der Waals surface area contributed by atoms with E-state index in [0.29, 0.717) is 27.8 Å². The molecule has 3 rings (SSSR count). The van der Waals surface area contributed by atoms with E-state index in [0.717, 1.165) is 5.56 Å². The van der Waals surface area contributed by atoms with Crippen molar-refractivity contribution in [3.8, 4) is 11.3 Å². The van der Waals surface area contributed by atoms with Crippen LogP contribution >= 0.6 is 11.6 Å². The zero-order chi connectivity index (χ0) is 16.4. The van der Waals surface area contributed by atoms with Crippen LogP contribution < -0.4 is 5.32 Å². The lowest BCUT2D eigenvalue weighted by atomic mass is 10.1. The van der Waals surface area contributed by atoms with Crippen LogP contribution in [0.4, 0.5) is 5.69 Å². The first-order valence-corrected chi connectivity index (χ1v) is 7.65. The number of benzene rings is 2. The Bertz CT molecular complexity index is 850. The summed E-state index contributed by atoms with van der Waals surface area (Å²) in [5, 5.41) is 3.41. The van der Waals surface area contributed by atoms with E-state index >= 15 is 0 Å². The van der Waals surface area contributed by atoms with Gasteiger partial charge in [-0.3, -0.25) is 4.79 Å². The molecule has 1 aromatic heterocycles. The van der Waals surface area contributed by atoms with E-state index in [9.17, 15) is 4.79 Å². The van der Waals surface area contributed by atoms with Crippen LogP contribution in [0.3, 0.4) is 0 Å². The van der Waals surface area contributed by atoms with Gasteiger partial charge in [0.15, 0.2) is 0 Å². The van der Waals surface area contributed by atoms with Crippen LogP contribution in [0, 0.1) is 13.8 Å². The molecule has 0 saturated heterocycles. The van der Waals surface area contributed by atoms with Crippen molar-refractivity contribution in [3.63, 3.8) is 0 Å². The minimum absolute atomic E-state index is 0.216. The number of hydrogen-bond donors (Lipinski definition) is 1. The minimum atomic E-state index is -0.216. The fourth-order valence-corrected chi connectivity index (χ4v) is 2.52. The molecule has 4 heteroatoms. The van der Waals surface area contributed by atoms with Crippen LogP contribution in [0.5, 0.6) is 0 Å². The molecule has 3 aromatic rings. The van der Waals surface area contributed by atoms with Gasteiger partial charge in [0.25, 0.3) is 5.91 Å². The molecule has 0 atom stereocenters. The second kappa shape index (κ2) is 6.31. The van der Waals surface area contributed by atoms with Crippen molar-refractivity contribution >= 4 is 23.2 Å². The number of hydrogen-bond acceptors (Lipinski definition) is 2. The van der Waals surface area contributed by atoms with E-state index in [1.807, 2.05) is 31.2 Å². The van der Waals surface area contributed by atoms with Gasteiger partial charge in [0.05, 0.1) is 5.56 Å². The fraction of sp³-hybridized carbons (Fsp3) is 0.105. The van der Waals surface area contributed by atoms with Gasteiger partial charge in [-0.2, -0.15) is 0 Å². The molecule has 0 aliphatic heterocycles. The SMILES string of the molecule is Cc1ccc(-c2cc(C(=O)Nc3cccc(Cl)c3)c(C)o2)cc1. The van der Waals surface area contributed by atoms with Gasteiger partial charge in [-0.15, -0.1) is 0 Å². The lowest BCUT2D eigenvalue weighted by Gasteiger charge is -2.04. The van der Waals surface area contributed by atoms with E-state index < -0.39 is 0 Å². The average molecular weight is 326 g/mol. The van der Waals surface area contributed by atoms with Gasteiger partial charge < -0.3 is 9.73 Å². The third-order valence-electron chi connectivity index (χ3n) is 3.58. The number of anilines is 1. The Morgan fingerprint density at radius 1 is 1.04 bits per heavy atom. The Labute approximate surface area is 139 Å². The number of furan rings is 1. The maximum absolute atomic E-state index is 12.4. The highest BCUT2D eigenvalue weighted by atomic mass is 35.5. The lowest BCUT2D eigenvalue weighted by molar-refractivity contribution is 0.102. The monoisotopic (exact) mass is 325 g/mol. The Kier molecular flexibility index (Phi) is 4.22. The molecule has 23 heavy (non-hydrogen) atoms. The molecule has 1 amide bonds. The smallest absolute Gasteiger partial charge is 0.259 e. The summed E-state index contributed by atoms with van der Waals surface area (Å²) in [6, 6.07) is 16.8. The van der Waals surface area contributed by atoms with Gasteiger partial charge >= 0.3 is 0 Å². The standard InChI is InChI=1S/C19H16ClNO2/c1-12-6-8-14(9-7-12)18-11-17(13(2)23-18)19(22)21-16-5-3-4-15(20)10-16/h3-11H,1-2H3,(H,21,22). The lowest BCUT2D eigenvalue weighted by Crippen LogP contribution is -2.11. The highest BCUT2D eigenvalue weighted by Gasteiger charge is 2.16. The van der Waals surface area contributed by atoms with Crippen molar-refractivity contribution in [1.29, 1.82) is 0 Å². The van der Waals surface area contributed by atoms with Crippen molar-refractivity contribution in [2.24, 2.45) is 0 Å². The number of rotatable bonds is 3. The molecule has 116 valence electrons. The zero-order valence-electron chi connectivity index (χ0n) is 12.9. The molecular weight excluding hydrogens is 310 g/mol. The molecule has 0 fully saturated rings. The average Bonchev–Trinajstić information content (AvgIpc) is 2.90. The van der Waals surface area contributed by atoms with Crippen molar-refractivity contribution < 1.29 is 9.21 Å². The minimum Gasteiger partial charge on any atom is -0.461 e. The molecule has 0 saturated carbocycles. The van der Waals surface area contributed by atoms with Crippen LogP contribution in [0.2, 0.25) is 5.02 Å². The Balaban J connectivity index is 1.85.